The molecule has 1 aromatic rings. The topological polar surface area (TPSA) is 71.3 Å². The zero-order chi connectivity index (χ0) is 16.8. The van der Waals surface area contributed by atoms with Crippen molar-refractivity contribution in [2.45, 2.75) is 32.2 Å². The lowest BCUT2D eigenvalue weighted by atomic mass is 10.1. The van der Waals surface area contributed by atoms with Crippen molar-refractivity contribution in [1.82, 2.24) is 5.32 Å². The fourth-order valence-corrected chi connectivity index (χ4v) is 2.55. The third-order valence-corrected chi connectivity index (χ3v) is 3.88. The molecule has 0 bridgehead atoms. The van der Waals surface area contributed by atoms with E-state index in [-0.39, 0.29) is 17.5 Å². The van der Waals surface area contributed by atoms with Crippen LogP contribution in [0, 0.1) is 11.3 Å². The first kappa shape index (κ1) is 17.4. The van der Waals surface area contributed by atoms with Crippen molar-refractivity contribution in [2.24, 2.45) is 0 Å². The number of ether oxygens (including phenoxy) is 2. The van der Waals surface area contributed by atoms with Crippen LogP contribution in [0.3, 0.4) is 0 Å². The lowest BCUT2D eigenvalue weighted by Gasteiger charge is -2.13. The molecular formula is C17H19BrN2O3. The van der Waals surface area contributed by atoms with Crippen LogP contribution in [0.15, 0.2) is 22.2 Å². The molecular weight excluding hydrogens is 360 g/mol. The Bertz CT molecular complexity index is 661. The molecule has 1 amide bonds. The Morgan fingerprint density at radius 2 is 2.26 bits per heavy atom. The molecule has 1 fully saturated rings. The summed E-state index contributed by atoms with van der Waals surface area (Å²) in [6, 6.07) is 5.71. The maximum absolute atomic E-state index is 12.0. The summed E-state index contributed by atoms with van der Waals surface area (Å²) < 4.78 is 11.7. The van der Waals surface area contributed by atoms with Gasteiger partial charge in [-0.3, -0.25) is 4.79 Å². The van der Waals surface area contributed by atoms with E-state index in [0.717, 1.165) is 23.7 Å². The Kier molecular flexibility index (Phi) is 6.05. The van der Waals surface area contributed by atoms with Crippen LogP contribution in [-0.2, 0) is 4.79 Å². The summed E-state index contributed by atoms with van der Waals surface area (Å²) in [5.74, 6) is 0.836. The fraction of sp³-hybridized carbons (Fsp3) is 0.412. The largest absolute Gasteiger partial charge is 0.493 e. The van der Waals surface area contributed by atoms with E-state index in [1.807, 2.05) is 13.0 Å². The lowest BCUT2D eigenvalue weighted by Crippen LogP contribution is -2.26. The number of carbonyl (C=O) groups is 1. The van der Waals surface area contributed by atoms with Gasteiger partial charge in [0.05, 0.1) is 18.2 Å². The Morgan fingerprint density at radius 3 is 2.83 bits per heavy atom. The number of amides is 1. The van der Waals surface area contributed by atoms with E-state index in [0.29, 0.717) is 23.7 Å². The molecule has 0 saturated heterocycles. The van der Waals surface area contributed by atoms with Crippen molar-refractivity contribution >= 4 is 27.9 Å². The molecule has 0 spiro atoms. The second kappa shape index (κ2) is 8.02. The SMILES string of the molecule is CCCOc1c(Br)cc(/C=C(\C#N)C(=O)NC2CC2)cc1OC. The van der Waals surface area contributed by atoms with E-state index >= 15 is 0 Å². The third kappa shape index (κ3) is 4.73. The van der Waals surface area contributed by atoms with Crippen molar-refractivity contribution in [3.05, 3.63) is 27.7 Å². The number of methoxy groups -OCH3 is 1. The summed E-state index contributed by atoms with van der Waals surface area (Å²) in [6.45, 7) is 2.60. The van der Waals surface area contributed by atoms with E-state index in [9.17, 15) is 10.1 Å². The van der Waals surface area contributed by atoms with Crippen LogP contribution in [-0.4, -0.2) is 25.7 Å². The molecule has 0 radical (unpaired) electrons. The van der Waals surface area contributed by atoms with E-state index < -0.39 is 0 Å². The Balaban J connectivity index is 2.27. The van der Waals surface area contributed by atoms with Gasteiger partial charge in [0.15, 0.2) is 11.5 Å². The molecule has 1 aliphatic carbocycles. The van der Waals surface area contributed by atoms with Gasteiger partial charge in [0.2, 0.25) is 0 Å². The molecule has 1 aliphatic rings. The average Bonchev–Trinajstić information content (AvgIpc) is 3.34. The molecule has 0 heterocycles. The van der Waals surface area contributed by atoms with Crippen LogP contribution in [0.4, 0.5) is 0 Å². The van der Waals surface area contributed by atoms with Crippen LogP contribution >= 0.6 is 15.9 Å². The molecule has 0 aromatic heterocycles. The van der Waals surface area contributed by atoms with Gasteiger partial charge in [-0.15, -0.1) is 0 Å². The number of halogens is 1. The number of hydrogen-bond acceptors (Lipinski definition) is 4. The molecule has 5 nitrogen and oxygen atoms in total. The molecule has 122 valence electrons. The predicted octanol–water partition coefficient (Wildman–Crippen LogP) is 3.43. The second-order valence-corrected chi connectivity index (χ2v) is 6.15. The summed E-state index contributed by atoms with van der Waals surface area (Å²) in [5.41, 5.74) is 0.771. The highest BCUT2D eigenvalue weighted by molar-refractivity contribution is 9.10. The highest BCUT2D eigenvalue weighted by Crippen LogP contribution is 2.37. The van der Waals surface area contributed by atoms with Crippen LogP contribution < -0.4 is 14.8 Å². The maximum Gasteiger partial charge on any atom is 0.262 e. The van der Waals surface area contributed by atoms with Gasteiger partial charge in [-0.1, -0.05) is 6.92 Å². The Morgan fingerprint density at radius 1 is 1.52 bits per heavy atom. The number of carbonyl (C=O) groups excluding carboxylic acids is 1. The fourth-order valence-electron chi connectivity index (χ4n) is 1.97. The van der Waals surface area contributed by atoms with Gasteiger partial charge in [0, 0.05) is 6.04 Å². The van der Waals surface area contributed by atoms with E-state index in [4.69, 9.17) is 9.47 Å². The second-order valence-electron chi connectivity index (χ2n) is 5.30. The molecule has 1 N–H and O–H groups in total. The minimum absolute atomic E-state index is 0.0769. The normalized spacial score (nSPS) is 14.1. The third-order valence-electron chi connectivity index (χ3n) is 3.29. The number of nitrogens with one attached hydrogen (secondary N) is 1. The van der Waals surface area contributed by atoms with E-state index in [2.05, 4.69) is 21.2 Å². The molecule has 1 saturated carbocycles. The first-order valence-corrected chi connectivity index (χ1v) is 8.31. The zero-order valence-corrected chi connectivity index (χ0v) is 14.8. The lowest BCUT2D eigenvalue weighted by molar-refractivity contribution is -0.117. The van der Waals surface area contributed by atoms with Crippen molar-refractivity contribution in [2.75, 3.05) is 13.7 Å². The Labute approximate surface area is 144 Å². The van der Waals surface area contributed by atoms with Crippen molar-refractivity contribution in [3.8, 4) is 17.6 Å². The molecule has 0 unspecified atom stereocenters. The predicted molar refractivity (Wildman–Crippen MR) is 91.2 cm³/mol. The summed E-state index contributed by atoms with van der Waals surface area (Å²) in [7, 11) is 1.55. The zero-order valence-electron chi connectivity index (χ0n) is 13.2. The Hall–Kier alpha value is -2.00. The minimum Gasteiger partial charge on any atom is -0.493 e. The summed E-state index contributed by atoms with van der Waals surface area (Å²) in [4.78, 5) is 12.0. The van der Waals surface area contributed by atoms with Crippen LogP contribution in [0.25, 0.3) is 6.08 Å². The number of nitriles is 1. The van der Waals surface area contributed by atoms with Gasteiger partial charge in [0.1, 0.15) is 11.6 Å². The van der Waals surface area contributed by atoms with Crippen LogP contribution in [0.5, 0.6) is 11.5 Å². The van der Waals surface area contributed by atoms with Gasteiger partial charge in [-0.05, 0) is 59.0 Å². The maximum atomic E-state index is 12.0. The first-order valence-electron chi connectivity index (χ1n) is 7.52. The van der Waals surface area contributed by atoms with Crippen LogP contribution in [0.1, 0.15) is 31.7 Å². The highest BCUT2D eigenvalue weighted by Gasteiger charge is 2.24. The summed E-state index contributed by atoms with van der Waals surface area (Å²) in [6.07, 6.45) is 4.40. The van der Waals surface area contributed by atoms with Gasteiger partial charge in [0.25, 0.3) is 5.91 Å². The molecule has 0 aliphatic heterocycles. The number of hydrogen-bond donors (Lipinski definition) is 1. The van der Waals surface area contributed by atoms with Crippen molar-refractivity contribution < 1.29 is 14.3 Å². The quantitative estimate of drug-likeness (QED) is 0.582. The summed E-state index contributed by atoms with van der Waals surface area (Å²) in [5, 5.41) is 12.0. The molecule has 1 aromatic carbocycles. The molecule has 6 heteroatoms. The van der Waals surface area contributed by atoms with Gasteiger partial charge in [-0.2, -0.15) is 5.26 Å². The standard InChI is InChI=1S/C17H19BrN2O3/c1-3-6-23-16-14(18)8-11(9-15(16)22-2)7-12(10-19)17(21)20-13-4-5-13/h7-9,13H,3-6H2,1-2H3,(H,20,21)/b12-7+. The monoisotopic (exact) mass is 378 g/mol. The van der Waals surface area contributed by atoms with E-state index in [1.165, 1.54) is 0 Å². The molecule has 2 rings (SSSR count). The number of benzene rings is 1. The van der Waals surface area contributed by atoms with E-state index in [1.54, 1.807) is 25.3 Å². The van der Waals surface area contributed by atoms with Crippen molar-refractivity contribution in [3.63, 3.8) is 0 Å². The van der Waals surface area contributed by atoms with Gasteiger partial charge in [-0.25, -0.2) is 0 Å². The van der Waals surface area contributed by atoms with Gasteiger partial charge < -0.3 is 14.8 Å². The number of rotatable bonds is 7. The molecule has 0 atom stereocenters. The highest BCUT2D eigenvalue weighted by atomic mass is 79.9. The summed E-state index contributed by atoms with van der Waals surface area (Å²) >= 11 is 3.45. The minimum atomic E-state index is -0.337. The van der Waals surface area contributed by atoms with Crippen molar-refractivity contribution in [1.29, 1.82) is 5.26 Å². The first-order chi connectivity index (χ1) is 11.1. The number of nitrogens with zero attached hydrogens (tertiary/aromatic N) is 1. The smallest absolute Gasteiger partial charge is 0.262 e. The van der Waals surface area contributed by atoms with Crippen LogP contribution in [0.2, 0.25) is 0 Å². The average molecular weight is 379 g/mol. The van der Waals surface area contributed by atoms with Gasteiger partial charge >= 0.3 is 0 Å². The molecule has 23 heavy (non-hydrogen) atoms.